The molecule has 27 heavy (non-hydrogen) atoms. The summed E-state index contributed by atoms with van der Waals surface area (Å²) in [5.74, 6) is 0.902. The number of likely N-dealkylation sites (tertiary alicyclic amines) is 1. The number of para-hydroxylation sites is 2. The maximum atomic E-state index is 12.9. The van der Waals surface area contributed by atoms with E-state index in [1.165, 1.54) is 0 Å². The molecule has 0 saturated carbocycles. The number of anilines is 1. The molecule has 2 amide bonds. The van der Waals surface area contributed by atoms with Crippen molar-refractivity contribution in [3.63, 3.8) is 0 Å². The first kappa shape index (κ1) is 17.6. The molecular formula is C22H24N2O3. The third kappa shape index (κ3) is 3.97. The van der Waals surface area contributed by atoms with Crippen LogP contribution in [0, 0.1) is 11.8 Å². The normalized spacial score (nSPS) is 19.7. The van der Waals surface area contributed by atoms with Crippen LogP contribution < -0.4 is 10.1 Å². The Morgan fingerprint density at radius 1 is 0.926 bits per heavy atom. The standard InChI is InChI=1S/C22H24N2O3/c25-21(23-19-7-2-1-3-8-19)16-10-12-24(13-11-16)22(26)18-14-17-6-4-5-9-20(17)27-15-18/h1-9,16,18H,10-15H2,(H,23,25)/t18-/m0/s1. The summed E-state index contributed by atoms with van der Waals surface area (Å²) in [7, 11) is 0. The maximum Gasteiger partial charge on any atom is 0.229 e. The van der Waals surface area contributed by atoms with Crippen LogP contribution in [0.2, 0.25) is 0 Å². The number of nitrogens with one attached hydrogen (secondary N) is 1. The SMILES string of the molecule is O=C(Nc1ccccc1)C1CCN(C(=O)[C@@H]2COc3ccccc3C2)CC1. The first-order valence-electron chi connectivity index (χ1n) is 9.56. The van der Waals surface area contributed by atoms with E-state index >= 15 is 0 Å². The number of rotatable bonds is 3. The molecule has 4 rings (SSSR count). The fourth-order valence-electron chi connectivity index (χ4n) is 3.87. The number of hydrogen-bond donors (Lipinski definition) is 1. The number of benzene rings is 2. The lowest BCUT2D eigenvalue weighted by molar-refractivity contribution is -0.139. The first-order valence-corrected chi connectivity index (χ1v) is 9.56. The van der Waals surface area contributed by atoms with E-state index in [4.69, 9.17) is 4.74 Å². The molecule has 2 aromatic rings. The van der Waals surface area contributed by atoms with E-state index in [1.54, 1.807) is 0 Å². The molecule has 2 heterocycles. The van der Waals surface area contributed by atoms with Gasteiger partial charge in [0, 0.05) is 24.7 Å². The molecule has 0 aliphatic carbocycles. The molecule has 1 saturated heterocycles. The molecule has 1 fully saturated rings. The van der Waals surface area contributed by atoms with Gasteiger partial charge in [-0.1, -0.05) is 36.4 Å². The topological polar surface area (TPSA) is 58.6 Å². The third-order valence-electron chi connectivity index (χ3n) is 5.45. The monoisotopic (exact) mass is 364 g/mol. The van der Waals surface area contributed by atoms with Gasteiger partial charge in [0.1, 0.15) is 12.4 Å². The molecule has 0 radical (unpaired) electrons. The molecule has 5 heteroatoms. The zero-order valence-corrected chi connectivity index (χ0v) is 15.3. The van der Waals surface area contributed by atoms with Gasteiger partial charge in [0.2, 0.25) is 11.8 Å². The highest BCUT2D eigenvalue weighted by Crippen LogP contribution is 2.29. The number of ether oxygens (including phenoxy) is 1. The van der Waals surface area contributed by atoms with Gasteiger partial charge in [-0.3, -0.25) is 9.59 Å². The van der Waals surface area contributed by atoms with Crippen molar-refractivity contribution in [3.8, 4) is 5.75 Å². The zero-order chi connectivity index (χ0) is 18.6. The van der Waals surface area contributed by atoms with Gasteiger partial charge in [0.25, 0.3) is 0 Å². The van der Waals surface area contributed by atoms with Gasteiger partial charge in [-0.15, -0.1) is 0 Å². The van der Waals surface area contributed by atoms with Crippen LogP contribution in [0.15, 0.2) is 54.6 Å². The number of hydrogen-bond acceptors (Lipinski definition) is 3. The average Bonchev–Trinajstić information content (AvgIpc) is 2.73. The smallest absolute Gasteiger partial charge is 0.229 e. The van der Waals surface area contributed by atoms with Crippen LogP contribution in [0.3, 0.4) is 0 Å². The van der Waals surface area contributed by atoms with Crippen molar-refractivity contribution < 1.29 is 14.3 Å². The number of carbonyl (C=O) groups is 2. The number of fused-ring (bicyclic) bond motifs is 1. The molecule has 140 valence electrons. The minimum absolute atomic E-state index is 0.0439. The van der Waals surface area contributed by atoms with E-state index in [9.17, 15) is 9.59 Å². The third-order valence-corrected chi connectivity index (χ3v) is 5.45. The van der Waals surface area contributed by atoms with E-state index < -0.39 is 0 Å². The summed E-state index contributed by atoms with van der Waals surface area (Å²) in [5.41, 5.74) is 1.92. The zero-order valence-electron chi connectivity index (χ0n) is 15.3. The number of piperidine rings is 1. The van der Waals surface area contributed by atoms with E-state index in [-0.39, 0.29) is 23.7 Å². The lowest BCUT2D eigenvalue weighted by Crippen LogP contribution is -2.46. The summed E-state index contributed by atoms with van der Waals surface area (Å²) in [6.07, 6.45) is 2.13. The second-order valence-electron chi connectivity index (χ2n) is 7.27. The highest BCUT2D eigenvalue weighted by molar-refractivity contribution is 5.92. The lowest BCUT2D eigenvalue weighted by Gasteiger charge is -2.35. The molecule has 1 N–H and O–H groups in total. The highest BCUT2D eigenvalue weighted by Gasteiger charge is 2.33. The Hall–Kier alpha value is -2.82. The van der Waals surface area contributed by atoms with E-state index in [2.05, 4.69) is 5.32 Å². The predicted molar refractivity (Wildman–Crippen MR) is 104 cm³/mol. The molecule has 0 spiro atoms. The van der Waals surface area contributed by atoms with Crippen LogP contribution in [0.25, 0.3) is 0 Å². The second kappa shape index (κ2) is 7.82. The summed E-state index contributed by atoms with van der Waals surface area (Å²) in [6.45, 7) is 1.69. The van der Waals surface area contributed by atoms with E-state index in [0.29, 0.717) is 32.5 Å². The molecule has 0 unspecified atom stereocenters. The summed E-state index contributed by atoms with van der Waals surface area (Å²) in [4.78, 5) is 27.2. The Morgan fingerprint density at radius 2 is 1.63 bits per heavy atom. The summed E-state index contributed by atoms with van der Waals surface area (Å²) in [5, 5.41) is 2.97. The van der Waals surface area contributed by atoms with Crippen molar-refractivity contribution in [1.82, 2.24) is 4.90 Å². The summed E-state index contributed by atoms with van der Waals surface area (Å²) in [6, 6.07) is 17.4. The Morgan fingerprint density at radius 3 is 2.41 bits per heavy atom. The van der Waals surface area contributed by atoms with Crippen LogP contribution in [0.1, 0.15) is 18.4 Å². The van der Waals surface area contributed by atoms with Gasteiger partial charge in [0.15, 0.2) is 0 Å². The Kier molecular flexibility index (Phi) is 5.10. The average molecular weight is 364 g/mol. The van der Waals surface area contributed by atoms with Gasteiger partial charge in [-0.2, -0.15) is 0 Å². The van der Waals surface area contributed by atoms with Crippen LogP contribution in [0.5, 0.6) is 5.75 Å². The van der Waals surface area contributed by atoms with Gasteiger partial charge >= 0.3 is 0 Å². The summed E-state index contributed by atoms with van der Waals surface area (Å²) < 4.78 is 5.76. The van der Waals surface area contributed by atoms with Crippen LogP contribution in [0.4, 0.5) is 5.69 Å². The van der Waals surface area contributed by atoms with Crippen molar-refractivity contribution in [2.75, 3.05) is 25.0 Å². The second-order valence-corrected chi connectivity index (χ2v) is 7.27. The number of nitrogens with zero attached hydrogens (tertiary/aromatic N) is 1. The van der Waals surface area contributed by atoms with Crippen molar-refractivity contribution >= 4 is 17.5 Å². The predicted octanol–water partition coefficient (Wildman–Crippen LogP) is 3.12. The Balaban J connectivity index is 1.30. The number of carbonyl (C=O) groups excluding carboxylic acids is 2. The lowest BCUT2D eigenvalue weighted by atomic mass is 9.92. The van der Waals surface area contributed by atoms with Crippen molar-refractivity contribution in [3.05, 3.63) is 60.2 Å². The largest absolute Gasteiger partial charge is 0.492 e. The van der Waals surface area contributed by atoms with Crippen molar-refractivity contribution in [1.29, 1.82) is 0 Å². The van der Waals surface area contributed by atoms with Crippen LogP contribution in [-0.2, 0) is 16.0 Å². The Labute approximate surface area is 159 Å². The van der Waals surface area contributed by atoms with Gasteiger partial charge < -0.3 is 15.0 Å². The minimum atomic E-state index is -0.130. The quantitative estimate of drug-likeness (QED) is 0.910. The molecular weight excluding hydrogens is 340 g/mol. The molecule has 2 aromatic carbocycles. The minimum Gasteiger partial charge on any atom is -0.492 e. The van der Waals surface area contributed by atoms with Crippen molar-refractivity contribution in [2.24, 2.45) is 11.8 Å². The van der Waals surface area contributed by atoms with Gasteiger partial charge in [-0.25, -0.2) is 0 Å². The molecule has 0 aromatic heterocycles. The van der Waals surface area contributed by atoms with Crippen molar-refractivity contribution in [2.45, 2.75) is 19.3 Å². The summed E-state index contributed by atoms with van der Waals surface area (Å²) >= 11 is 0. The van der Waals surface area contributed by atoms with Crippen LogP contribution >= 0.6 is 0 Å². The molecule has 0 bridgehead atoms. The molecule has 2 aliphatic rings. The van der Waals surface area contributed by atoms with Crippen LogP contribution in [-0.4, -0.2) is 36.4 Å². The maximum absolute atomic E-state index is 12.9. The van der Waals surface area contributed by atoms with Gasteiger partial charge in [0.05, 0.1) is 5.92 Å². The highest BCUT2D eigenvalue weighted by atomic mass is 16.5. The first-order chi connectivity index (χ1) is 13.2. The fourth-order valence-corrected chi connectivity index (χ4v) is 3.87. The Bertz CT molecular complexity index is 813. The molecule has 1 atom stereocenters. The van der Waals surface area contributed by atoms with E-state index in [0.717, 1.165) is 23.4 Å². The number of amides is 2. The van der Waals surface area contributed by atoms with E-state index in [1.807, 2.05) is 59.5 Å². The molecule has 5 nitrogen and oxygen atoms in total. The van der Waals surface area contributed by atoms with Gasteiger partial charge in [-0.05, 0) is 43.0 Å². The fraction of sp³-hybridized carbons (Fsp3) is 0.364. The molecule has 2 aliphatic heterocycles.